The Kier molecular flexibility index (Phi) is 4.54. The summed E-state index contributed by atoms with van der Waals surface area (Å²) in [5.74, 6) is -0.882. The lowest BCUT2D eigenvalue weighted by Crippen LogP contribution is -2.22. The molecule has 1 aromatic heterocycles. The van der Waals surface area contributed by atoms with E-state index in [1.54, 1.807) is 18.2 Å². The molecule has 0 bridgehead atoms. The van der Waals surface area contributed by atoms with Crippen LogP contribution in [0.4, 0.5) is 0 Å². The van der Waals surface area contributed by atoms with Crippen molar-refractivity contribution in [3.05, 3.63) is 69.8 Å². The first-order valence-corrected chi connectivity index (χ1v) is 9.99. The van der Waals surface area contributed by atoms with E-state index in [0.29, 0.717) is 26.7 Å². The van der Waals surface area contributed by atoms with Crippen LogP contribution in [0.15, 0.2) is 48.7 Å². The van der Waals surface area contributed by atoms with Crippen LogP contribution in [0.1, 0.15) is 11.1 Å². The van der Waals surface area contributed by atoms with Crippen molar-refractivity contribution >= 4 is 79.7 Å². The first-order valence-electron chi connectivity index (χ1n) is 7.71. The van der Waals surface area contributed by atoms with Crippen molar-refractivity contribution in [2.75, 3.05) is 0 Å². The smallest absolute Gasteiger partial charge is 0.259 e. The van der Waals surface area contributed by atoms with Crippen LogP contribution in [-0.2, 0) is 14.1 Å². The fourth-order valence-corrected chi connectivity index (χ4v) is 4.27. The molecule has 0 spiro atoms. The van der Waals surface area contributed by atoms with Crippen molar-refractivity contribution in [3.63, 3.8) is 0 Å². The summed E-state index contributed by atoms with van der Waals surface area (Å²) in [6, 6.07) is 12.7. The van der Waals surface area contributed by atoms with Gasteiger partial charge in [0.15, 0.2) is 0 Å². The molecule has 4 rings (SSSR count). The second-order valence-corrected chi connectivity index (χ2v) is 7.33. The molecule has 4 nitrogen and oxygen atoms in total. The predicted octanol–water partition coefficient (Wildman–Crippen LogP) is 4.91. The lowest BCUT2D eigenvalue weighted by molar-refractivity contribution is -0.122. The SMILES string of the molecule is O=C1NC(=O)C(c2cn(CI)c3ccccc23)=C1c1ccc(Cl)cc1Cl. The van der Waals surface area contributed by atoms with E-state index in [2.05, 4.69) is 27.9 Å². The number of alkyl halides is 1. The van der Waals surface area contributed by atoms with Gasteiger partial charge >= 0.3 is 0 Å². The van der Waals surface area contributed by atoms with Gasteiger partial charge in [-0.15, -0.1) is 0 Å². The maximum atomic E-state index is 12.6. The number of benzene rings is 2. The summed E-state index contributed by atoms with van der Waals surface area (Å²) in [7, 11) is 0. The van der Waals surface area contributed by atoms with E-state index in [0.717, 1.165) is 15.5 Å². The molecule has 0 saturated heterocycles. The maximum Gasteiger partial charge on any atom is 0.259 e. The summed E-state index contributed by atoms with van der Waals surface area (Å²) in [5, 5.41) is 4.09. The van der Waals surface area contributed by atoms with Gasteiger partial charge in [-0.3, -0.25) is 14.9 Å². The minimum Gasteiger partial charge on any atom is -0.337 e. The lowest BCUT2D eigenvalue weighted by Gasteiger charge is -2.06. The summed E-state index contributed by atoms with van der Waals surface area (Å²) in [5.41, 5.74) is 2.80. The molecule has 2 aromatic carbocycles. The quantitative estimate of drug-likeness (QED) is 0.318. The van der Waals surface area contributed by atoms with E-state index in [9.17, 15) is 9.59 Å². The minimum atomic E-state index is -0.458. The minimum absolute atomic E-state index is 0.271. The molecule has 1 N–H and O–H groups in total. The van der Waals surface area contributed by atoms with Gasteiger partial charge in [-0.1, -0.05) is 70.1 Å². The number of nitrogens with zero attached hydrogens (tertiary/aromatic N) is 1. The number of para-hydroxylation sites is 1. The van der Waals surface area contributed by atoms with Crippen molar-refractivity contribution in [1.29, 1.82) is 0 Å². The maximum absolute atomic E-state index is 12.6. The van der Waals surface area contributed by atoms with Gasteiger partial charge in [0.25, 0.3) is 11.8 Å². The highest BCUT2D eigenvalue weighted by molar-refractivity contribution is 14.1. The number of hydrogen-bond acceptors (Lipinski definition) is 2. The molecular formula is C19H11Cl2IN2O2. The van der Waals surface area contributed by atoms with Gasteiger partial charge in [-0.05, 0) is 18.2 Å². The Labute approximate surface area is 172 Å². The third-order valence-corrected chi connectivity index (χ3v) is 5.60. The highest BCUT2D eigenvalue weighted by Crippen LogP contribution is 2.38. The number of amides is 2. The molecule has 1 aliphatic rings. The van der Waals surface area contributed by atoms with Crippen molar-refractivity contribution in [1.82, 2.24) is 9.88 Å². The number of rotatable bonds is 3. The van der Waals surface area contributed by atoms with E-state index in [1.165, 1.54) is 0 Å². The van der Waals surface area contributed by atoms with Gasteiger partial charge in [0.05, 0.1) is 20.7 Å². The molecule has 1 aliphatic heterocycles. The van der Waals surface area contributed by atoms with Gasteiger partial charge < -0.3 is 4.57 Å². The molecule has 0 saturated carbocycles. The number of carbonyl (C=O) groups excluding carboxylic acids is 2. The molecule has 7 heteroatoms. The number of aromatic nitrogens is 1. The number of nitrogens with one attached hydrogen (secondary N) is 1. The van der Waals surface area contributed by atoms with E-state index >= 15 is 0 Å². The average Bonchev–Trinajstić information content (AvgIpc) is 3.12. The monoisotopic (exact) mass is 496 g/mol. The molecule has 0 aliphatic carbocycles. The number of halogens is 3. The summed E-state index contributed by atoms with van der Waals surface area (Å²) in [6.45, 7) is 0. The van der Waals surface area contributed by atoms with Gasteiger partial charge in [0.1, 0.15) is 0 Å². The zero-order valence-electron chi connectivity index (χ0n) is 13.2. The van der Waals surface area contributed by atoms with E-state index in [-0.39, 0.29) is 5.57 Å². The molecule has 0 unspecified atom stereocenters. The normalized spacial score (nSPS) is 14.4. The van der Waals surface area contributed by atoms with Crippen LogP contribution < -0.4 is 5.32 Å². The molecule has 3 aromatic rings. The zero-order chi connectivity index (χ0) is 18.4. The number of hydrogen-bond donors (Lipinski definition) is 1. The first-order chi connectivity index (χ1) is 12.5. The molecule has 0 atom stereocenters. The van der Waals surface area contributed by atoms with Gasteiger partial charge in [0, 0.05) is 33.2 Å². The Morgan fingerprint density at radius 1 is 0.962 bits per heavy atom. The van der Waals surface area contributed by atoms with Crippen LogP contribution in [0.5, 0.6) is 0 Å². The fourth-order valence-electron chi connectivity index (χ4n) is 3.21. The van der Waals surface area contributed by atoms with E-state index in [1.807, 2.05) is 35.0 Å². The van der Waals surface area contributed by atoms with Crippen molar-refractivity contribution in [2.24, 2.45) is 0 Å². The Bertz CT molecular complexity index is 1120. The summed E-state index contributed by atoms with van der Waals surface area (Å²) >= 11 is 14.5. The van der Waals surface area contributed by atoms with Crippen LogP contribution in [-0.4, -0.2) is 16.4 Å². The molecule has 2 amide bonds. The number of fused-ring (bicyclic) bond motifs is 1. The molecule has 26 heavy (non-hydrogen) atoms. The Morgan fingerprint density at radius 2 is 1.65 bits per heavy atom. The second kappa shape index (κ2) is 6.72. The molecular weight excluding hydrogens is 486 g/mol. The average molecular weight is 497 g/mol. The molecule has 0 radical (unpaired) electrons. The third-order valence-electron chi connectivity index (χ3n) is 4.32. The largest absolute Gasteiger partial charge is 0.337 e. The predicted molar refractivity (Wildman–Crippen MR) is 112 cm³/mol. The molecule has 0 fully saturated rings. The standard InChI is InChI=1S/C19H11Cl2IN2O2/c20-10-5-6-12(14(21)7-10)16-17(19(26)23-18(16)25)13-8-24(9-22)15-4-2-1-3-11(13)15/h1-8H,9H2,(H,23,25,26). The highest BCUT2D eigenvalue weighted by Gasteiger charge is 2.34. The van der Waals surface area contributed by atoms with Crippen molar-refractivity contribution in [3.8, 4) is 0 Å². The second-order valence-electron chi connectivity index (χ2n) is 5.81. The fraction of sp³-hybridized carbons (Fsp3) is 0.0526. The topological polar surface area (TPSA) is 51.1 Å². The van der Waals surface area contributed by atoms with E-state index < -0.39 is 11.8 Å². The van der Waals surface area contributed by atoms with Crippen LogP contribution in [0.3, 0.4) is 0 Å². The number of imide groups is 1. The third kappa shape index (κ3) is 2.74. The highest BCUT2D eigenvalue weighted by atomic mass is 127. The van der Waals surface area contributed by atoms with Crippen LogP contribution >= 0.6 is 45.8 Å². The first kappa shape index (κ1) is 17.6. The molecule has 130 valence electrons. The van der Waals surface area contributed by atoms with Gasteiger partial charge in [-0.2, -0.15) is 0 Å². The Hall–Kier alpha value is -1.83. The zero-order valence-corrected chi connectivity index (χ0v) is 16.9. The Morgan fingerprint density at radius 3 is 2.35 bits per heavy atom. The Balaban J connectivity index is 2.05. The summed E-state index contributed by atoms with van der Waals surface area (Å²) in [4.78, 5) is 25.1. The van der Waals surface area contributed by atoms with Crippen LogP contribution in [0.2, 0.25) is 10.0 Å². The van der Waals surface area contributed by atoms with Gasteiger partial charge in [0.2, 0.25) is 0 Å². The number of carbonyl (C=O) groups is 2. The van der Waals surface area contributed by atoms with E-state index in [4.69, 9.17) is 23.2 Å². The van der Waals surface area contributed by atoms with Crippen LogP contribution in [0.25, 0.3) is 22.0 Å². The van der Waals surface area contributed by atoms with Crippen molar-refractivity contribution < 1.29 is 9.59 Å². The van der Waals surface area contributed by atoms with Crippen LogP contribution in [0, 0.1) is 0 Å². The molecule has 2 heterocycles. The lowest BCUT2D eigenvalue weighted by atomic mass is 9.96. The van der Waals surface area contributed by atoms with Gasteiger partial charge in [-0.25, -0.2) is 0 Å². The van der Waals surface area contributed by atoms with Crippen molar-refractivity contribution in [2.45, 2.75) is 4.55 Å². The summed E-state index contributed by atoms with van der Waals surface area (Å²) in [6.07, 6.45) is 1.90. The summed E-state index contributed by atoms with van der Waals surface area (Å²) < 4.78 is 2.76.